The molecule has 2 rings (SSSR count). The summed E-state index contributed by atoms with van der Waals surface area (Å²) < 4.78 is 25.7. The van der Waals surface area contributed by atoms with Crippen molar-refractivity contribution < 1.29 is 18.7 Å². The van der Waals surface area contributed by atoms with E-state index in [4.69, 9.17) is 0 Å². The normalized spacial score (nSPS) is 28.4. The number of carbonyl (C=O) groups is 1. The third-order valence-electron chi connectivity index (χ3n) is 6.62. The van der Waals surface area contributed by atoms with E-state index >= 15 is 0 Å². The van der Waals surface area contributed by atoms with Gasteiger partial charge in [-0.1, -0.05) is 62.8 Å². The van der Waals surface area contributed by atoms with Crippen LogP contribution in [0.4, 0.5) is 8.78 Å². The molecule has 0 saturated heterocycles. The quantitative estimate of drug-likeness (QED) is 0.385. The fourth-order valence-electron chi connectivity index (χ4n) is 4.75. The Kier molecular flexibility index (Phi) is 8.98. The molecule has 0 heterocycles. The molecule has 0 aromatic heterocycles. The summed E-state index contributed by atoms with van der Waals surface area (Å²) in [7, 11) is 0. The molecule has 1 atom stereocenters. The van der Waals surface area contributed by atoms with Crippen LogP contribution in [0.5, 0.6) is 0 Å². The predicted molar refractivity (Wildman–Crippen MR) is 106 cm³/mol. The van der Waals surface area contributed by atoms with Crippen molar-refractivity contribution in [2.75, 3.05) is 0 Å². The van der Waals surface area contributed by atoms with Gasteiger partial charge in [-0.2, -0.15) is 0 Å². The number of aliphatic carboxylic acids is 1. The van der Waals surface area contributed by atoms with E-state index in [0.717, 1.165) is 25.7 Å². The Labute approximate surface area is 163 Å². The topological polar surface area (TPSA) is 37.3 Å². The lowest BCUT2D eigenvalue weighted by molar-refractivity contribution is -0.155. The molecule has 0 spiro atoms. The van der Waals surface area contributed by atoms with E-state index in [1.54, 1.807) is 0 Å². The summed E-state index contributed by atoms with van der Waals surface area (Å²) in [5, 5.41) is 9.46. The molecular weight excluding hydrogens is 346 g/mol. The Hall–Kier alpha value is -1.19. The Bertz CT molecular complexity index is 516. The fourth-order valence-corrected chi connectivity index (χ4v) is 4.75. The smallest absolute Gasteiger partial charge is 0.309 e. The van der Waals surface area contributed by atoms with E-state index in [-0.39, 0.29) is 0 Å². The lowest BCUT2D eigenvalue weighted by Gasteiger charge is -2.39. The number of carboxylic acids is 1. The lowest BCUT2D eigenvalue weighted by atomic mass is 9.65. The zero-order valence-electron chi connectivity index (χ0n) is 16.8. The maximum Gasteiger partial charge on any atom is 0.309 e. The van der Waals surface area contributed by atoms with Crippen LogP contribution >= 0.6 is 0 Å². The zero-order valence-corrected chi connectivity index (χ0v) is 16.8. The highest BCUT2D eigenvalue weighted by Crippen LogP contribution is 2.46. The molecule has 0 aromatic rings. The Morgan fingerprint density at radius 3 is 2.41 bits per heavy atom. The van der Waals surface area contributed by atoms with Gasteiger partial charge in [-0.05, 0) is 56.8 Å². The number of unbranched alkanes of at least 4 members (excludes halogenated alkanes) is 5. The van der Waals surface area contributed by atoms with Crippen LogP contribution in [0.3, 0.4) is 0 Å². The van der Waals surface area contributed by atoms with Crippen LogP contribution < -0.4 is 0 Å². The van der Waals surface area contributed by atoms with Crippen molar-refractivity contribution in [2.45, 2.75) is 96.8 Å². The second kappa shape index (κ2) is 11.0. The first-order chi connectivity index (χ1) is 13.0. The summed E-state index contributed by atoms with van der Waals surface area (Å²) in [6, 6.07) is 0. The van der Waals surface area contributed by atoms with Crippen molar-refractivity contribution in [1.82, 2.24) is 0 Å². The number of hydrogen-bond acceptors (Lipinski definition) is 1. The second-order valence-electron chi connectivity index (χ2n) is 8.57. The average Bonchev–Trinajstić information content (AvgIpc) is 2.65. The highest BCUT2D eigenvalue weighted by atomic mass is 19.3. The van der Waals surface area contributed by atoms with Gasteiger partial charge >= 0.3 is 5.97 Å². The lowest BCUT2D eigenvalue weighted by Crippen LogP contribution is -2.38. The van der Waals surface area contributed by atoms with E-state index in [1.165, 1.54) is 44.1 Å². The molecule has 0 amide bonds. The maximum atomic E-state index is 12.8. The van der Waals surface area contributed by atoms with Crippen molar-refractivity contribution in [2.24, 2.45) is 17.3 Å². The highest BCUT2D eigenvalue weighted by molar-refractivity contribution is 5.74. The molecule has 4 heteroatoms. The summed E-state index contributed by atoms with van der Waals surface area (Å²) in [4.78, 5) is 11.6. The van der Waals surface area contributed by atoms with Crippen molar-refractivity contribution in [3.05, 3.63) is 23.8 Å². The first-order valence-electron chi connectivity index (χ1n) is 10.9. The number of rotatable bonds is 11. The van der Waals surface area contributed by atoms with Gasteiger partial charge in [0.25, 0.3) is 0 Å². The van der Waals surface area contributed by atoms with Crippen LogP contribution in [0.25, 0.3) is 0 Å². The largest absolute Gasteiger partial charge is 0.481 e. The molecule has 2 nitrogen and oxygen atoms in total. The van der Waals surface area contributed by atoms with Gasteiger partial charge in [0, 0.05) is 6.42 Å². The third-order valence-corrected chi connectivity index (χ3v) is 6.62. The molecular formula is C23H36F2O2. The van der Waals surface area contributed by atoms with Crippen LogP contribution in [0.1, 0.15) is 90.4 Å². The fraction of sp³-hybridized carbons (Fsp3) is 0.783. The summed E-state index contributed by atoms with van der Waals surface area (Å²) in [5.41, 5.74) is 0.220. The van der Waals surface area contributed by atoms with Crippen molar-refractivity contribution in [3.8, 4) is 0 Å². The predicted octanol–water partition coefficient (Wildman–Crippen LogP) is 7.16. The van der Waals surface area contributed by atoms with Crippen LogP contribution in [0.15, 0.2) is 23.8 Å². The Morgan fingerprint density at radius 2 is 1.85 bits per heavy atom. The monoisotopic (exact) mass is 382 g/mol. The van der Waals surface area contributed by atoms with E-state index in [2.05, 4.69) is 25.2 Å². The number of hydrogen-bond donors (Lipinski definition) is 1. The molecule has 1 saturated carbocycles. The van der Waals surface area contributed by atoms with Crippen LogP contribution in [-0.2, 0) is 4.79 Å². The van der Waals surface area contributed by atoms with Crippen molar-refractivity contribution in [1.29, 1.82) is 0 Å². The second-order valence-corrected chi connectivity index (χ2v) is 8.57. The molecule has 154 valence electrons. The van der Waals surface area contributed by atoms with Crippen LogP contribution in [0, 0.1) is 17.3 Å². The average molecular weight is 383 g/mol. The van der Waals surface area contributed by atoms with Gasteiger partial charge in [-0.15, -0.1) is 0 Å². The minimum atomic E-state index is -2.54. The first kappa shape index (κ1) is 22.1. The van der Waals surface area contributed by atoms with Gasteiger partial charge in [0.2, 0.25) is 6.43 Å². The molecule has 0 aliphatic heterocycles. The summed E-state index contributed by atoms with van der Waals surface area (Å²) in [5.74, 6) is -0.170. The highest BCUT2D eigenvalue weighted by Gasteiger charge is 2.44. The third kappa shape index (κ3) is 6.73. The number of allylic oxidation sites excluding steroid dienone is 4. The minimum absolute atomic E-state index is 0.385. The standard InChI is InChI=1S/C23H36F2O2/c1-2-3-4-5-6-7-8-18-9-11-19(12-10-18)20-13-15-23(16-14-20,22(26)27)17-21(24)25/h9-11,19-21H,2-8,12-17H2,1H3,(H,26,27). The SMILES string of the molecule is CCCCCCCCC1=CCC(C2CCC(CC(F)F)(C(=O)O)CC2)C=C1. The van der Waals surface area contributed by atoms with E-state index in [1.807, 2.05) is 0 Å². The molecule has 1 N–H and O–H groups in total. The Morgan fingerprint density at radius 1 is 1.19 bits per heavy atom. The van der Waals surface area contributed by atoms with Gasteiger partial charge in [0.05, 0.1) is 5.41 Å². The van der Waals surface area contributed by atoms with Crippen LogP contribution in [0.2, 0.25) is 0 Å². The van der Waals surface area contributed by atoms with E-state index in [9.17, 15) is 18.7 Å². The first-order valence-corrected chi connectivity index (χ1v) is 10.9. The van der Waals surface area contributed by atoms with E-state index < -0.39 is 24.2 Å². The number of alkyl halides is 2. The molecule has 27 heavy (non-hydrogen) atoms. The maximum absolute atomic E-state index is 12.8. The molecule has 0 radical (unpaired) electrons. The van der Waals surface area contributed by atoms with Crippen LogP contribution in [-0.4, -0.2) is 17.5 Å². The minimum Gasteiger partial charge on any atom is -0.481 e. The molecule has 0 aromatic carbocycles. The van der Waals surface area contributed by atoms with E-state index in [0.29, 0.717) is 24.7 Å². The van der Waals surface area contributed by atoms with Gasteiger partial charge in [-0.3, -0.25) is 4.79 Å². The van der Waals surface area contributed by atoms with Gasteiger partial charge < -0.3 is 5.11 Å². The molecule has 1 unspecified atom stereocenters. The zero-order chi connectivity index (χ0) is 19.7. The number of carboxylic acid groups (broad SMARTS) is 1. The molecule has 2 aliphatic rings. The summed E-state index contributed by atoms with van der Waals surface area (Å²) >= 11 is 0. The Balaban J connectivity index is 1.73. The molecule has 2 aliphatic carbocycles. The van der Waals surface area contributed by atoms with Gasteiger partial charge in [-0.25, -0.2) is 8.78 Å². The summed E-state index contributed by atoms with van der Waals surface area (Å²) in [6.07, 6.45) is 16.1. The van der Waals surface area contributed by atoms with Crippen molar-refractivity contribution in [3.63, 3.8) is 0 Å². The molecule has 1 fully saturated rings. The van der Waals surface area contributed by atoms with Gasteiger partial charge in [0.15, 0.2) is 0 Å². The molecule has 0 bridgehead atoms. The number of halogens is 2. The van der Waals surface area contributed by atoms with Crippen molar-refractivity contribution >= 4 is 5.97 Å². The summed E-state index contributed by atoms with van der Waals surface area (Å²) in [6.45, 7) is 2.24. The van der Waals surface area contributed by atoms with Gasteiger partial charge in [0.1, 0.15) is 0 Å².